The van der Waals surface area contributed by atoms with Gasteiger partial charge in [-0.2, -0.15) is 0 Å². The predicted octanol–water partition coefficient (Wildman–Crippen LogP) is 2.61. The molecule has 8 nitrogen and oxygen atoms in total. The molecule has 2 aromatic rings. The van der Waals surface area contributed by atoms with Gasteiger partial charge in [-0.05, 0) is 29.3 Å². The van der Waals surface area contributed by atoms with Crippen molar-refractivity contribution in [2.24, 2.45) is 0 Å². The van der Waals surface area contributed by atoms with Gasteiger partial charge in [0, 0.05) is 38.8 Å². The summed E-state index contributed by atoms with van der Waals surface area (Å²) in [5.74, 6) is 0.635. The van der Waals surface area contributed by atoms with E-state index < -0.39 is 5.97 Å². The van der Waals surface area contributed by atoms with Gasteiger partial charge in [-0.3, -0.25) is 9.69 Å². The lowest BCUT2D eigenvalue weighted by atomic mass is 10.1. The highest BCUT2D eigenvalue weighted by Gasteiger charge is 2.21. The Labute approximate surface area is 194 Å². The van der Waals surface area contributed by atoms with E-state index in [1.165, 1.54) is 33.0 Å². The first kappa shape index (κ1) is 24.1. The highest BCUT2D eigenvalue weighted by Crippen LogP contribution is 2.38. The number of hydrogen-bond donors (Lipinski definition) is 0. The van der Waals surface area contributed by atoms with Crippen LogP contribution < -0.4 is 14.2 Å². The van der Waals surface area contributed by atoms with E-state index in [9.17, 15) is 9.59 Å². The fourth-order valence-corrected chi connectivity index (χ4v) is 3.63. The van der Waals surface area contributed by atoms with Gasteiger partial charge in [0.2, 0.25) is 5.75 Å². The molecule has 0 saturated carbocycles. The maximum absolute atomic E-state index is 12.4. The van der Waals surface area contributed by atoms with Crippen molar-refractivity contribution in [2.45, 2.75) is 6.54 Å². The standard InChI is InChI=1S/C25H30N2O6/c1-30-21-15-20(16-22(31-2)25(21)32-3)9-10-24(29)33-18-23(28)27-13-11-26(12-14-27)17-19-7-5-4-6-8-19/h4-10,15-16H,11-14,17-18H2,1-3H3/b10-9+. The van der Waals surface area contributed by atoms with Crippen LogP contribution in [0.4, 0.5) is 0 Å². The Bertz CT molecular complexity index is 943. The van der Waals surface area contributed by atoms with E-state index in [0.717, 1.165) is 19.6 Å². The number of benzene rings is 2. The van der Waals surface area contributed by atoms with E-state index in [2.05, 4.69) is 17.0 Å². The van der Waals surface area contributed by atoms with Crippen molar-refractivity contribution < 1.29 is 28.5 Å². The number of amides is 1. The minimum Gasteiger partial charge on any atom is -0.493 e. The predicted molar refractivity (Wildman–Crippen MR) is 124 cm³/mol. The summed E-state index contributed by atoms with van der Waals surface area (Å²) in [5, 5.41) is 0. The first-order chi connectivity index (χ1) is 16.0. The second kappa shape index (κ2) is 11.9. The largest absolute Gasteiger partial charge is 0.493 e. The summed E-state index contributed by atoms with van der Waals surface area (Å²) < 4.78 is 21.0. The number of ether oxygens (including phenoxy) is 4. The van der Waals surface area contributed by atoms with Crippen LogP contribution in [-0.2, 0) is 20.9 Å². The number of carbonyl (C=O) groups is 2. The van der Waals surface area contributed by atoms with Crippen molar-refractivity contribution >= 4 is 18.0 Å². The zero-order valence-corrected chi connectivity index (χ0v) is 19.3. The monoisotopic (exact) mass is 454 g/mol. The number of piperazine rings is 1. The van der Waals surface area contributed by atoms with Gasteiger partial charge in [0.05, 0.1) is 21.3 Å². The number of methoxy groups -OCH3 is 3. The molecule has 1 saturated heterocycles. The summed E-state index contributed by atoms with van der Waals surface area (Å²) in [7, 11) is 4.56. The van der Waals surface area contributed by atoms with Crippen molar-refractivity contribution in [3.8, 4) is 17.2 Å². The van der Waals surface area contributed by atoms with Gasteiger partial charge in [-0.1, -0.05) is 30.3 Å². The van der Waals surface area contributed by atoms with Gasteiger partial charge >= 0.3 is 5.97 Å². The smallest absolute Gasteiger partial charge is 0.331 e. The SMILES string of the molecule is COc1cc(/C=C/C(=O)OCC(=O)N2CCN(Cc3ccccc3)CC2)cc(OC)c1OC. The van der Waals surface area contributed by atoms with Crippen molar-refractivity contribution in [3.63, 3.8) is 0 Å². The molecule has 0 bridgehead atoms. The third-order valence-electron chi connectivity index (χ3n) is 5.41. The molecular formula is C25H30N2O6. The molecule has 1 heterocycles. The van der Waals surface area contributed by atoms with Gasteiger partial charge in [0.1, 0.15) is 0 Å². The zero-order chi connectivity index (χ0) is 23.6. The Hall–Kier alpha value is -3.52. The second-order valence-electron chi connectivity index (χ2n) is 7.54. The fraction of sp³-hybridized carbons (Fsp3) is 0.360. The minimum atomic E-state index is -0.597. The van der Waals surface area contributed by atoms with Gasteiger partial charge in [-0.15, -0.1) is 0 Å². The van der Waals surface area contributed by atoms with Crippen LogP contribution in [0.1, 0.15) is 11.1 Å². The maximum Gasteiger partial charge on any atom is 0.331 e. The van der Waals surface area contributed by atoms with Gasteiger partial charge < -0.3 is 23.8 Å². The van der Waals surface area contributed by atoms with Gasteiger partial charge in [0.25, 0.3) is 5.91 Å². The average Bonchev–Trinajstić information content (AvgIpc) is 2.86. The van der Waals surface area contributed by atoms with Gasteiger partial charge in [0.15, 0.2) is 18.1 Å². The molecule has 0 unspecified atom stereocenters. The lowest BCUT2D eigenvalue weighted by molar-refractivity contribution is -0.149. The number of nitrogens with zero attached hydrogens (tertiary/aromatic N) is 2. The van der Waals surface area contributed by atoms with Crippen LogP contribution in [-0.4, -0.2) is 75.8 Å². The number of carbonyl (C=O) groups excluding carboxylic acids is 2. The normalized spacial score (nSPS) is 14.2. The van der Waals surface area contributed by atoms with Crippen molar-refractivity contribution in [1.29, 1.82) is 0 Å². The molecular weight excluding hydrogens is 424 g/mol. The first-order valence-electron chi connectivity index (χ1n) is 10.7. The highest BCUT2D eigenvalue weighted by molar-refractivity contribution is 5.89. The van der Waals surface area contributed by atoms with Crippen LogP contribution in [0, 0.1) is 0 Å². The van der Waals surface area contributed by atoms with Crippen LogP contribution in [0.5, 0.6) is 17.2 Å². The van der Waals surface area contributed by atoms with Crippen LogP contribution >= 0.6 is 0 Å². The van der Waals surface area contributed by atoms with Crippen molar-refractivity contribution in [3.05, 3.63) is 59.7 Å². The Kier molecular flexibility index (Phi) is 8.71. The van der Waals surface area contributed by atoms with E-state index in [-0.39, 0.29) is 12.5 Å². The molecule has 3 rings (SSSR count). The zero-order valence-electron chi connectivity index (χ0n) is 19.3. The Balaban J connectivity index is 1.46. The van der Waals surface area contributed by atoms with Crippen LogP contribution in [0.15, 0.2) is 48.5 Å². The molecule has 176 valence electrons. The molecule has 1 aliphatic rings. The van der Waals surface area contributed by atoms with Gasteiger partial charge in [-0.25, -0.2) is 4.79 Å². The topological polar surface area (TPSA) is 77.5 Å². The Morgan fingerprint density at radius 3 is 2.12 bits per heavy atom. The quantitative estimate of drug-likeness (QED) is 0.426. The molecule has 0 atom stereocenters. The molecule has 1 amide bonds. The molecule has 1 fully saturated rings. The minimum absolute atomic E-state index is 0.191. The summed E-state index contributed by atoms with van der Waals surface area (Å²) in [6.07, 6.45) is 2.84. The molecule has 0 N–H and O–H groups in total. The van der Waals surface area contributed by atoms with Crippen LogP contribution in [0.25, 0.3) is 6.08 Å². The van der Waals surface area contributed by atoms with E-state index in [1.807, 2.05) is 18.2 Å². The summed E-state index contributed by atoms with van der Waals surface area (Å²) in [6.45, 7) is 3.39. The molecule has 0 aliphatic carbocycles. The number of esters is 1. The molecule has 0 spiro atoms. The molecule has 1 aliphatic heterocycles. The number of rotatable bonds is 9. The molecule has 8 heteroatoms. The van der Waals surface area contributed by atoms with E-state index in [0.29, 0.717) is 35.9 Å². The second-order valence-corrected chi connectivity index (χ2v) is 7.54. The molecule has 0 aromatic heterocycles. The van der Waals surface area contributed by atoms with E-state index >= 15 is 0 Å². The third-order valence-corrected chi connectivity index (χ3v) is 5.41. The maximum atomic E-state index is 12.4. The van der Waals surface area contributed by atoms with Crippen molar-refractivity contribution in [2.75, 3.05) is 54.1 Å². The van der Waals surface area contributed by atoms with Crippen LogP contribution in [0.2, 0.25) is 0 Å². The van der Waals surface area contributed by atoms with E-state index in [4.69, 9.17) is 18.9 Å². The summed E-state index contributed by atoms with van der Waals surface area (Å²) in [6, 6.07) is 13.7. The van der Waals surface area contributed by atoms with E-state index in [1.54, 1.807) is 23.1 Å². The van der Waals surface area contributed by atoms with Crippen molar-refractivity contribution in [1.82, 2.24) is 9.80 Å². The molecule has 2 aromatic carbocycles. The lowest BCUT2D eigenvalue weighted by Crippen LogP contribution is -2.49. The summed E-state index contributed by atoms with van der Waals surface area (Å²) in [5.41, 5.74) is 1.92. The Morgan fingerprint density at radius 2 is 1.55 bits per heavy atom. The fourth-order valence-electron chi connectivity index (χ4n) is 3.63. The summed E-state index contributed by atoms with van der Waals surface area (Å²) in [4.78, 5) is 28.6. The first-order valence-corrected chi connectivity index (χ1v) is 10.7. The summed E-state index contributed by atoms with van der Waals surface area (Å²) >= 11 is 0. The highest BCUT2D eigenvalue weighted by atomic mass is 16.5. The third kappa shape index (κ3) is 6.73. The average molecular weight is 455 g/mol. The Morgan fingerprint density at radius 1 is 0.909 bits per heavy atom. The molecule has 0 radical (unpaired) electrons. The number of hydrogen-bond acceptors (Lipinski definition) is 7. The van der Waals surface area contributed by atoms with Crippen LogP contribution in [0.3, 0.4) is 0 Å². The molecule has 33 heavy (non-hydrogen) atoms. The lowest BCUT2D eigenvalue weighted by Gasteiger charge is -2.34.